The fourth-order valence-electron chi connectivity index (χ4n) is 2.49. The quantitative estimate of drug-likeness (QED) is 0.651. The van der Waals surface area contributed by atoms with Gasteiger partial charge in [-0.1, -0.05) is 12.1 Å². The highest BCUT2D eigenvalue weighted by atomic mass is 31.2. The van der Waals surface area contributed by atoms with Crippen LogP contribution in [0.4, 0.5) is 0 Å². The molecule has 2 aromatic carbocycles. The second-order valence-corrected chi connectivity index (χ2v) is 6.40. The number of para-hydroxylation sites is 1. The van der Waals surface area contributed by atoms with Gasteiger partial charge in [0.1, 0.15) is 5.58 Å². The molecule has 0 saturated heterocycles. The summed E-state index contributed by atoms with van der Waals surface area (Å²) >= 11 is 0. The van der Waals surface area contributed by atoms with Crippen molar-refractivity contribution in [1.29, 1.82) is 0 Å². The van der Waals surface area contributed by atoms with Gasteiger partial charge in [-0.05, 0) is 30.3 Å². The third-order valence-electron chi connectivity index (χ3n) is 3.61. The van der Waals surface area contributed by atoms with Gasteiger partial charge in [0.15, 0.2) is 17.3 Å². The molecule has 8 nitrogen and oxygen atoms in total. The molecule has 26 heavy (non-hydrogen) atoms. The molecular formula is C17H15O8P. The molecule has 1 heterocycles. The van der Waals surface area contributed by atoms with Crippen LogP contribution in [-0.4, -0.2) is 24.0 Å². The van der Waals surface area contributed by atoms with E-state index < -0.39 is 19.0 Å². The zero-order valence-corrected chi connectivity index (χ0v) is 14.7. The van der Waals surface area contributed by atoms with Gasteiger partial charge in [-0.2, -0.15) is 0 Å². The van der Waals surface area contributed by atoms with Crippen LogP contribution in [0.2, 0.25) is 0 Å². The molecule has 3 aromatic rings. The van der Waals surface area contributed by atoms with Crippen molar-refractivity contribution in [2.45, 2.75) is 0 Å². The Bertz CT molecular complexity index is 1070. The van der Waals surface area contributed by atoms with Crippen LogP contribution in [0.25, 0.3) is 22.3 Å². The fourth-order valence-corrected chi connectivity index (χ4v) is 2.90. The van der Waals surface area contributed by atoms with Crippen LogP contribution in [-0.2, 0) is 4.57 Å². The molecule has 1 aromatic heterocycles. The molecule has 2 N–H and O–H groups in total. The largest absolute Gasteiger partial charge is 0.525 e. The van der Waals surface area contributed by atoms with Gasteiger partial charge in [-0.3, -0.25) is 14.6 Å². The lowest BCUT2D eigenvalue weighted by Gasteiger charge is -2.13. The van der Waals surface area contributed by atoms with Gasteiger partial charge in [0.2, 0.25) is 11.2 Å². The van der Waals surface area contributed by atoms with Gasteiger partial charge >= 0.3 is 7.82 Å². The maximum atomic E-state index is 12.7. The highest BCUT2D eigenvalue weighted by molar-refractivity contribution is 7.46. The third kappa shape index (κ3) is 3.43. The number of benzene rings is 2. The molecule has 0 spiro atoms. The number of fused-ring (bicyclic) bond motifs is 1. The zero-order valence-electron chi connectivity index (χ0n) is 13.8. The van der Waals surface area contributed by atoms with E-state index in [0.29, 0.717) is 17.1 Å². The van der Waals surface area contributed by atoms with Crippen molar-refractivity contribution in [3.8, 4) is 28.6 Å². The number of hydrogen-bond acceptors (Lipinski definition) is 6. The van der Waals surface area contributed by atoms with Gasteiger partial charge in [0, 0.05) is 5.56 Å². The Morgan fingerprint density at radius 3 is 2.35 bits per heavy atom. The summed E-state index contributed by atoms with van der Waals surface area (Å²) in [5, 5.41) is 0.139. The predicted octanol–water partition coefficient (Wildman–Crippen LogP) is 2.95. The summed E-state index contributed by atoms with van der Waals surface area (Å²) in [4.78, 5) is 31.1. The van der Waals surface area contributed by atoms with E-state index in [0.717, 1.165) is 0 Å². The lowest BCUT2D eigenvalue weighted by molar-refractivity contribution is 0.280. The molecule has 136 valence electrons. The lowest BCUT2D eigenvalue weighted by Crippen LogP contribution is -2.08. The van der Waals surface area contributed by atoms with Gasteiger partial charge < -0.3 is 18.4 Å². The van der Waals surface area contributed by atoms with Crippen molar-refractivity contribution in [1.82, 2.24) is 0 Å². The number of rotatable bonds is 5. The SMILES string of the molecule is COc1ccc(-c2oc3ccccc3c(=O)c2OP(=O)(O)O)cc1OC. The van der Waals surface area contributed by atoms with Crippen LogP contribution in [0.5, 0.6) is 17.2 Å². The molecule has 0 amide bonds. The summed E-state index contributed by atoms with van der Waals surface area (Å²) in [6.45, 7) is 0. The molecule has 0 unspecified atom stereocenters. The number of phosphoric ester groups is 1. The van der Waals surface area contributed by atoms with E-state index in [4.69, 9.17) is 13.9 Å². The smallest absolute Gasteiger partial charge is 0.493 e. The Morgan fingerprint density at radius 2 is 1.69 bits per heavy atom. The van der Waals surface area contributed by atoms with Crippen LogP contribution >= 0.6 is 7.82 Å². The standard InChI is InChI=1S/C17H15O8P/c1-22-13-8-7-10(9-14(13)23-2)16-17(25-26(19,20)21)15(18)11-5-3-4-6-12(11)24-16/h3-9H,1-2H3,(H2,19,20,21). The van der Waals surface area contributed by atoms with E-state index in [1.165, 1.54) is 26.4 Å². The molecule has 9 heteroatoms. The molecular weight excluding hydrogens is 363 g/mol. The normalized spacial score (nSPS) is 11.4. The van der Waals surface area contributed by atoms with Crippen molar-refractivity contribution < 1.29 is 32.8 Å². The minimum absolute atomic E-state index is 0.127. The van der Waals surface area contributed by atoms with Crippen LogP contribution in [0.15, 0.2) is 51.7 Å². The van der Waals surface area contributed by atoms with E-state index in [1.807, 2.05) is 0 Å². The second kappa shape index (κ2) is 6.84. The van der Waals surface area contributed by atoms with E-state index in [9.17, 15) is 19.1 Å². The maximum absolute atomic E-state index is 12.7. The van der Waals surface area contributed by atoms with Gasteiger partial charge in [0.25, 0.3) is 0 Å². The van der Waals surface area contributed by atoms with Crippen LogP contribution in [0.3, 0.4) is 0 Å². The predicted molar refractivity (Wildman–Crippen MR) is 93.7 cm³/mol. The molecule has 0 aliphatic carbocycles. The van der Waals surface area contributed by atoms with Crippen molar-refractivity contribution >= 4 is 18.8 Å². The Labute approximate surface area is 147 Å². The summed E-state index contributed by atoms with van der Waals surface area (Å²) < 4.78 is 32.1. The highest BCUT2D eigenvalue weighted by Crippen LogP contribution is 2.43. The van der Waals surface area contributed by atoms with Crippen molar-refractivity contribution in [3.05, 3.63) is 52.7 Å². The number of methoxy groups -OCH3 is 2. The first kappa shape index (κ1) is 18.0. The van der Waals surface area contributed by atoms with Gasteiger partial charge in [-0.15, -0.1) is 0 Å². The average molecular weight is 378 g/mol. The van der Waals surface area contributed by atoms with E-state index >= 15 is 0 Å². The fraction of sp³-hybridized carbons (Fsp3) is 0.118. The number of phosphoric acid groups is 1. The molecule has 0 atom stereocenters. The Balaban J connectivity index is 2.32. The molecule has 0 radical (unpaired) electrons. The minimum atomic E-state index is -4.99. The van der Waals surface area contributed by atoms with Crippen molar-refractivity contribution in [2.75, 3.05) is 14.2 Å². The highest BCUT2D eigenvalue weighted by Gasteiger charge is 2.26. The Hall–Kier alpha value is -2.80. The molecule has 0 fully saturated rings. The summed E-state index contributed by atoms with van der Waals surface area (Å²) in [5.74, 6) is 0.0852. The van der Waals surface area contributed by atoms with Crippen molar-refractivity contribution in [3.63, 3.8) is 0 Å². The second-order valence-electron chi connectivity index (χ2n) is 5.24. The zero-order chi connectivity index (χ0) is 18.9. The molecule has 0 saturated carbocycles. The maximum Gasteiger partial charge on any atom is 0.525 e. The Kier molecular flexibility index (Phi) is 4.73. The molecule has 3 rings (SSSR count). The van der Waals surface area contributed by atoms with Crippen LogP contribution in [0.1, 0.15) is 0 Å². The average Bonchev–Trinajstić information content (AvgIpc) is 2.62. The van der Waals surface area contributed by atoms with Crippen LogP contribution < -0.4 is 19.4 Å². The van der Waals surface area contributed by atoms with E-state index in [-0.39, 0.29) is 16.7 Å². The molecule has 0 bridgehead atoms. The topological polar surface area (TPSA) is 115 Å². The molecule has 0 aliphatic heterocycles. The first-order chi connectivity index (χ1) is 12.3. The first-order valence-corrected chi connectivity index (χ1v) is 8.90. The lowest BCUT2D eigenvalue weighted by atomic mass is 10.1. The van der Waals surface area contributed by atoms with E-state index in [1.54, 1.807) is 30.3 Å². The number of ether oxygens (including phenoxy) is 2. The summed E-state index contributed by atoms with van der Waals surface area (Å²) in [6.07, 6.45) is 0. The van der Waals surface area contributed by atoms with Crippen LogP contribution in [0, 0.1) is 0 Å². The van der Waals surface area contributed by atoms with Gasteiger partial charge in [-0.25, -0.2) is 4.57 Å². The third-order valence-corrected chi connectivity index (χ3v) is 4.03. The summed E-state index contributed by atoms with van der Waals surface area (Å²) in [5.41, 5.74) is -0.116. The van der Waals surface area contributed by atoms with E-state index in [2.05, 4.69) is 4.52 Å². The van der Waals surface area contributed by atoms with Crippen molar-refractivity contribution in [2.24, 2.45) is 0 Å². The summed E-state index contributed by atoms with van der Waals surface area (Å²) in [6, 6.07) is 11.0. The first-order valence-electron chi connectivity index (χ1n) is 7.37. The Morgan fingerprint density at radius 1 is 1.00 bits per heavy atom. The molecule has 0 aliphatic rings. The summed E-state index contributed by atoms with van der Waals surface area (Å²) in [7, 11) is -2.09. The monoisotopic (exact) mass is 378 g/mol. The van der Waals surface area contributed by atoms with Gasteiger partial charge in [0.05, 0.1) is 19.6 Å². The minimum Gasteiger partial charge on any atom is -0.493 e. The number of hydrogen-bond donors (Lipinski definition) is 2.